The summed E-state index contributed by atoms with van der Waals surface area (Å²) in [6, 6.07) is 3.95. The molecule has 0 aliphatic carbocycles. The van der Waals surface area contributed by atoms with E-state index in [1.807, 2.05) is 20.8 Å². The average molecular weight is 510 g/mol. The van der Waals surface area contributed by atoms with E-state index in [9.17, 15) is 24.0 Å². The van der Waals surface area contributed by atoms with Gasteiger partial charge in [0.25, 0.3) is 11.8 Å². The van der Waals surface area contributed by atoms with Gasteiger partial charge in [0.2, 0.25) is 11.8 Å². The molecule has 1 N–H and O–H groups in total. The van der Waals surface area contributed by atoms with E-state index < -0.39 is 35.3 Å². The highest BCUT2D eigenvalue weighted by atomic mass is 16.6. The minimum Gasteiger partial charge on any atom is -0.444 e. The van der Waals surface area contributed by atoms with Gasteiger partial charge < -0.3 is 9.64 Å². The van der Waals surface area contributed by atoms with Gasteiger partial charge in [0.15, 0.2) is 0 Å². The lowest BCUT2D eigenvalue weighted by molar-refractivity contribution is -0.136. The highest BCUT2D eigenvalue weighted by molar-refractivity contribution is 6.24. The summed E-state index contributed by atoms with van der Waals surface area (Å²) in [5, 5.41) is 2.20. The Morgan fingerprint density at radius 2 is 1.78 bits per heavy atom. The van der Waals surface area contributed by atoms with Crippen LogP contribution in [0.25, 0.3) is 0 Å². The number of amides is 5. The van der Waals surface area contributed by atoms with E-state index >= 15 is 0 Å². The fraction of sp³-hybridized carbons (Fsp3) is 0.536. The second kappa shape index (κ2) is 12.0. The van der Waals surface area contributed by atoms with Crippen LogP contribution in [-0.4, -0.2) is 64.8 Å². The van der Waals surface area contributed by atoms with Gasteiger partial charge in [-0.2, -0.15) is 0 Å². The lowest BCUT2D eigenvalue weighted by Crippen LogP contribution is -2.54. The number of benzene rings is 1. The van der Waals surface area contributed by atoms with Gasteiger partial charge in [-0.3, -0.25) is 29.4 Å². The molecule has 1 aromatic carbocycles. The fourth-order valence-corrected chi connectivity index (χ4v) is 4.30. The first-order chi connectivity index (χ1) is 17.5. The van der Waals surface area contributed by atoms with Crippen LogP contribution in [0.4, 0.5) is 4.79 Å². The van der Waals surface area contributed by atoms with Crippen molar-refractivity contribution < 1.29 is 28.7 Å². The van der Waals surface area contributed by atoms with Gasteiger partial charge in [0, 0.05) is 32.0 Å². The molecule has 37 heavy (non-hydrogen) atoms. The van der Waals surface area contributed by atoms with Gasteiger partial charge in [0.1, 0.15) is 11.6 Å². The van der Waals surface area contributed by atoms with Crippen molar-refractivity contribution in [1.82, 2.24) is 15.1 Å². The zero-order valence-electron chi connectivity index (χ0n) is 22.0. The number of nitrogens with zero attached hydrogens (tertiary/aromatic N) is 2. The highest BCUT2D eigenvalue weighted by Gasteiger charge is 2.45. The maximum atomic E-state index is 13.1. The number of nitrogens with one attached hydrogen (secondary N) is 1. The van der Waals surface area contributed by atoms with Gasteiger partial charge in [-0.1, -0.05) is 37.2 Å². The van der Waals surface area contributed by atoms with E-state index in [0.29, 0.717) is 18.5 Å². The summed E-state index contributed by atoms with van der Waals surface area (Å²) >= 11 is 0. The molecule has 0 bridgehead atoms. The van der Waals surface area contributed by atoms with Crippen LogP contribution >= 0.6 is 0 Å². The Morgan fingerprint density at radius 3 is 2.49 bits per heavy atom. The molecule has 2 aliphatic rings. The molecule has 2 aliphatic heterocycles. The number of unbranched alkanes of at least 4 members (excludes halogenated alkanes) is 5. The highest BCUT2D eigenvalue weighted by Crippen LogP contribution is 2.29. The molecule has 1 fully saturated rings. The Kier molecular flexibility index (Phi) is 9.09. The summed E-state index contributed by atoms with van der Waals surface area (Å²) in [5.41, 5.74) is 0.426. The zero-order valence-corrected chi connectivity index (χ0v) is 22.0. The Hall–Kier alpha value is -3.67. The number of imide groups is 2. The van der Waals surface area contributed by atoms with Crippen molar-refractivity contribution in [2.24, 2.45) is 0 Å². The molecule has 198 valence electrons. The van der Waals surface area contributed by atoms with Gasteiger partial charge >= 0.3 is 6.09 Å². The fourth-order valence-electron chi connectivity index (χ4n) is 4.30. The molecule has 1 saturated heterocycles. The predicted molar refractivity (Wildman–Crippen MR) is 137 cm³/mol. The third-order valence-corrected chi connectivity index (χ3v) is 6.19. The largest absolute Gasteiger partial charge is 0.444 e. The van der Waals surface area contributed by atoms with Crippen molar-refractivity contribution >= 4 is 29.7 Å². The number of carbonyl (C=O) groups is 5. The van der Waals surface area contributed by atoms with Crippen molar-refractivity contribution in [1.29, 1.82) is 0 Å². The van der Waals surface area contributed by atoms with Gasteiger partial charge in [-0.25, -0.2) is 4.79 Å². The Labute approximate surface area is 217 Å². The van der Waals surface area contributed by atoms with Crippen LogP contribution in [-0.2, 0) is 14.3 Å². The second-order valence-corrected chi connectivity index (χ2v) is 10.4. The van der Waals surface area contributed by atoms with Crippen LogP contribution in [0, 0.1) is 11.8 Å². The van der Waals surface area contributed by atoms with Crippen molar-refractivity contribution in [2.45, 2.75) is 83.8 Å². The maximum Gasteiger partial charge on any atom is 0.410 e. The lowest BCUT2D eigenvalue weighted by atomic mass is 10.0. The zero-order chi connectivity index (χ0) is 27.2. The summed E-state index contributed by atoms with van der Waals surface area (Å²) < 4.78 is 5.34. The quantitative estimate of drug-likeness (QED) is 0.325. The van der Waals surface area contributed by atoms with E-state index in [1.54, 1.807) is 30.1 Å². The van der Waals surface area contributed by atoms with Gasteiger partial charge in [-0.05, 0) is 52.2 Å². The molecule has 3 rings (SSSR count). The number of piperidine rings is 1. The van der Waals surface area contributed by atoms with Crippen LogP contribution in [0.3, 0.4) is 0 Å². The molecule has 9 heteroatoms. The van der Waals surface area contributed by atoms with E-state index in [1.165, 1.54) is 0 Å². The number of carbonyl (C=O) groups excluding carboxylic acids is 5. The Balaban J connectivity index is 1.45. The van der Waals surface area contributed by atoms with Crippen LogP contribution in [0.15, 0.2) is 18.2 Å². The summed E-state index contributed by atoms with van der Waals surface area (Å²) in [6.45, 7) is 6.19. The standard InChI is InChI=1S/C28H35N3O6/c1-28(2,3)37-27(36)30(4)18-11-9-7-5-6-8-10-13-19-14-12-15-20-23(19)26(35)31(25(20)34)21-16-17-22(32)29-24(21)33/h12,14-15,21H,5-9,11,16-18H2,1-4H3,(H,29,32,33). The minimum absolute atomic E-state index is 0.0803. The van der Waals surface area contributed by atoms with E-state index in [4.69, 9.17) is 4.74 Å². The molecule has 0 aromatic heterocycles. The summed E-state index contributed by atoms with van der Waals surface area (Å²) in [6.07, 6.45) is 5.37. The summed E-state index contributed by atoms with van der Waals surface area (Å²) in [7, 11) is 1.74. The molecule has 2 heterocycles. The van der Waals surface area contributed by atoms with Crippen molar-refractivity contribution in [3.63, 3.8) is 0 Å². The van der Waals surface area contributed by atoms with Crippen LogP contribution < -0.4 is 5.32 Å². The SMILES string of the molecule is CN(CCCCCCCC#Cc1cccc2c1C(=O)N(C1CCC(=O)NC1=O)C2=O)C(=O)OC(C)(C)C. The number of ether oxygens (including phenoxy) is 1. The molecule has 0 radical (unpaired) electrons. The predicted octanol–water partition coefficient (Wildman–Crippen LogP) is 3.65. The first-order valence-corrected chi connectivity index (χ1v) is 12.8. The molecule has 5 amide bonds. The molecule has 1 unspecified atom stereocenters. The Morgan fingerprint density at radius 1 is 1.08 bits per heavy atom. The van der Waals surface area contributed by atoms with Crippen molar-refractivity contribution in [3.8, 4) is 11.8 Å². The molecule has 1 atom stereocenters. The Bertz CT molecular complexity index is 1140. The molecule has 1 aromatic rings. The van der Waals surface area contributed by atoms with Crippen molar-refractivity contribution in [3.05, 3.63) is 34.9 Å². The normalized spacial score (nSPS) is 17.2. The molecule has 9 nitrogen and oxygen atoms in total. The van der Waals surface area contributed by atoms with Gasteiger partial charge in [-0.15, -0.1) is 0 Å². The number of hydrogen-bond donors (Lipinski definition) is 1. The molecule has 0 spiro atoms. The molecular formula is C28H35N3O6. The third-order valence-electron chi connectivity index (χ3n) is 6.19. The van der Waals surface area contributed by atoms with Crippen LogP contribution in [0.2, 0.25) is 0 Å². The van der Waals surface area contributed by atoms with E-state index in [-0.39, 0.29) is 30.1 Å². The molecule has 0 saturated carbocycles. The molecular weight excluding hydrogens is 474 g/mol. The van der Waals surface area contributed by atoms with Crippen LogP contribution in [0.1, 0.15) is 98.4 Å². The topological polar surface area (TPSA) is 113 Å². The van der Waals surface area contributed by atoms with Crippen LogP contribution in [0.5, 0.6) is 0 Å². The second-order valence-electron chi connectivity index (χ2n) is 10.4. The summed E-state index contributed by atoms with van der Waals surface area (Å²) in [4.78, 5) is 64.2. The van der Waals surface area contributed by atoms with E-state index in [0.717, 1.165) is 37.0 Å². The average Bonchev–Trinajstić information content (AvgIpc) is 3.07. The monoisotopic (exact) mass is 509 g/mol. The minimum atomic E-state index is -0.991. The van der Waals surface area contributed by atoms with Crippen molar-refractivity contribution in [2.75, 3.05) is 13.6 Å². The third kappa shape index (κ3) is 7.19. The maximum absolute atomic E-state index is 13.1. The first kappa shape index (κ1) is 27.9. The van der Waals surface area contributed by atoms with Gasteiger partial charge in [0.05, 0.1) is 11.1 Å². The number of rotatable bonds is 8. The smallest absolute Gasteiger partial charge is 0.410 e. The number of fused-ring (bicyclic) bond motifs is 1. The first-order valence-electron chi connectivity index (χ1n) is 12.8. The number of hydrogen-bond acceptors (Lipinski definition) is 6. The lowest BCUT2D eigenvalue weighted by Gasteiger charge is -2.27. The summed E-state index contributed by atoms with van der Waals surface area (Å²) in [5.74, 6) is 4.01. The van der Waals surface area contributed by atoms with E-state index in [2.05, 4.69) is 17.2 Å².